The Morgan fingerprint density at radius 1 is 1.27 bits per heavy atom. The molecule has 1 aromatic heterocycles. The van der Waals surface area contributed by atoms with Crippen molar-refractivity contribution in [3.05, 3.63) is 54.0 Å². The number of benzene rings is 1. The summed E-state index contributed by atoms with van der Waals surface area (Å²) in [5.74, 6) is 0.373. The fourth-order valence-electron chi connectivity index (χ4n) is 1.96. The minimum Gasteiger partial charge on any atom is -0.383 e. The molecule has 0 aliphatic carbocycles. The molecule has 6 nitrogen and oxygen atoms in total. The van der Waals surface area contributed by atoms with E-state index < -0.39 is 0 Å². The van der Waals surface area contributed by atoms with Crippen LogP contribution in [0, 0.1) is 0 Å². The third-order valence-corrected chi connectivity index (χ3v) is 3.16. The zero-order valence-corrected chi connectivity index (χ0v) is 12.7. The summed E-state index contributed by atoms with van der Waals surface area (Å²) in [4.78, 5) is 20.1. The van der Waals surface area contributed by atoms with E-state index in [1.54, 1.807) is 13.2 Å². The van der Waals surface area contributed by atoms with Crippen LogP contribution in [0.15, 0.2) is 42.7 Å². The van der Waals surface area contributed by atoms with Gasteiger partial charge in [0.05, 0.1) is 6.61 Å². The summed E-state index contributed by atoms with van der Waals surface area (Å²) in [6, 6.07) is 11.8. The van der Waals surface area contributed by atoms with Crippen LogP contribution in [0.4, 0.5) is 5.82 Å². The number of carbonyl (C=O) groups excluding carboxylic acids is 1. The van der Waals surface area contributed by atoms with Gasteiger partial charge in [0.25, 0.3) is 5.91 Å². The highest BCUT2D eigenvalue weighted by Gasteiger charge is 2.10. The average Bonchev–Trinajstić information content (AvgIpc) is 2.56. The van der Waals surface area contributed by atoms with Gasteiger partial charge in [-0.2, -0.15) is 0 Å². The molecule has 2 N–H and O–H groups in total. The van der Waals surface area contributed by atoms with Gasteiger partial charge in [-0.05, 0) is 12.5 Å². The van der Waals surface area contributed by atoms with Crippen molar-refractivity contribution in [2.24, 2.45) is 0 Å². The van der Waals surface area contributed by atoms with Crippen LogP contribution >= 0.6 is 0 Å². The summed E-state index contributed by atoms with van der Waals surface area (Å²) >= 11 is 0. The summed E-state index contributed by atoms with van der Waals surface area (Å²) in [6.07, 6.45) is 1.38. The Morgan fingerprint density at radius 2 is 2.05 bits per heavy atom. The van der Waals surface area contributed by atoms with E-state index in [0.717, 1.165) is 5.56 Å². The fraction of sp³-hybridized carbons (Fsp3) is 0.312. The Morgan fingerprint density at radius 3 is 2.77 bits per heavy atom. The number of rotatable bonds is 7. The molecule has 2 aromatic rings. The van der Waals surface area contributed by atoms with E-state index in [4.69, 9.17) is 4.74 Å². The molecule has 0 aliphatic heterocycles. The van der Waals surface area contributed by atoms with Crippen molar-refractivity contribution in [2.75, 3.05) is 25.6 Å². The molecule has 1 atom stereocenters. The number of nitrogens with one attached hydrogen (secondary N) is 2. The molecular formula is C16H20N4O2. The summed E-state index contributed by atoms with van der Waals surface area (Å²) in [6.45, 7) is 2.95. The lowest BCUT2D eigenvalue weighted by Crippen LogP contribution is -2.27. The van der Waals surface area contributed by atoms with Crippen LogP contribution in [0.2, 0.25) is 0 Å². The summed E-state index contributed by atoms with van der Waals surface area (Å²) in [5, 5.41) is 5.99. The van der Waals surface area contributed by atoms with E-state index in [2.05, 4.69) is 20.6 Å². The SMILES string of the molecule is COCCNC(=O)c1cc(NC(C)c2ccccc2)ncn1. The Balaban J connectivity index is 2.00. The van der Waals surface area contributed by atoms with Crippen molar-refractivity contribution in [2.45, 2.75) is 13.0 Å². The molecule has 1 amide bonds. The van der Waals surface area contributed by atoms with Gasteiger partial charge in [-0.1, -0.05) is 30.3 Å². The molecule has 1 heterocycles. The van der Waals surface area contributed by atoms with Crippen molar-refractivity contribution in [3.8, 4) is 0 Å². The van der Waals surface area contributed by atoms with Gasteiger partial charge in [-0.3, -0.25) is 4.79 Å². The number of nitrogens with zero attached hydrogens (tertiary/aromatic N) is 2. The van der Waals surface area contributed by atoms with Crippen LogP contribution < -0.4 is 10.6 Å². The molecule has 2 rings (SSSR count). The Kier molecular flexibility index (Phi) is 5.85. The average molecular weight is 300 g/mol. The van der Waals surface area contributed by atoms with Gasteiger partial charge in [0.1, 0.15) is 17.8 Å². The first kappa shape index (κ1) is 15.9. The lowest BCUT2D eigenvalue weighted by Gasteiger charge is -2.15. The van der Waals surface area contributed by atoms with Gasteiger partial charge in [-0.25, -0.2) is 9.97 Å². The van der Waals surface area contributed by atoms with E-state index in [9.17, 15) is 4.79 Å². The Labute approximate surface area is 129 Å². The lowest BCUT2D eigenvalue weighted by molar-refractivity contribution is 0.0932. The number of carbonyl (C=O) groups is 1. The monoisotopic (exact) mass is 300 g/mol. The van der Waals surface area contributed by atoms with Gasteiger partial charge < -0.3 is 15.4 Å². The molecule has 0 bridgehead atoms. The maximum atomic E-state index is 11.9. The van der Waals surface area contributed by atoms with E-state index in [1.807, 2.05) is 37.3 Å². The number of hydrogen-bond acceptors (Lipinski definition) is 5. The molecule has 22 heavy (non-hydrogen) atoms. The maximum absolute atomic E-state index is 11.9. The molecule has 0 fully saturated rings. The van der Waals surface area contributed by atoms with Crippen molar-refractivity contribution < 1.29 is 9.53 Å². The molecule has 116 valence electrons. The van der Waals surface area contributed by atoms with E-state index >= 15 is 0 Å². The van der Waals surface area contributed by atoms with Crippen LogP contribution in [0.1, 0.15) is 29.0 Å². The first-order chi connectivity index (χ1) is 10.7. The van der Waals surface area contributed by atoms with Gasteiger partial charge >= 0.3 is 0 Å². The summed E-state index contributed by atoms with van der Waals surface area (Å²) in [5.41, 5.74) is 1.47. The largest absolute Gasteiger partial charge is 0.383 e. The zero-order chi connectivity index (χ0) is 15.8. The normalized spacial score (nSPS) is 11.7. The lowest BCUT2D eigenvalue weighted by atomic mass is 10.1. The van der Waals surface area contributed by atoms with Gasteiger partial charge in [0.15, 0.2) is 0 Å². The van der Waals surface area contributed by atoms with Crippen molar-refractivity contribution in [3.63, 3.8) is 0 Å². The predicted molar refractivity (Wildman–Crippen MR) is 84.7 cm³/mol. The highest BCUT2D eigenvalue weighted by Crippen LogP contribution is 2.17. The molecular weight excluding hydrogens is 280 g/mol. The second-order valence-corrected chi connectivity index (χ2v) is 4.81. The molecule has 1 unspecified atom stereocenters. The fourth-order valence-corrected chi connectivity index (χ4v) is 1.96. The zero-order valence-electron chi connectivity index (χ0n) is 12.7. The molecule has 0 saturated heterocycles. The minimum absolute atomic E-state index is 0.0838. The number of methoxy groups -OCH3 is 1. The smallest absolute Gasteiger partial charge is 0.270 e. The second-order valence-electron chi connectivity index (χ2n) is 4.81. The predicted octanol–water partition coefficient (Wildman–Crippen LogP) is 2.03. The van der Waals surface area contributed by atoms with Crippen LogP contribution in [0.25, 0.3) is 0 Å². The van der Waals surface area contributed by atoms with Crippen LogP contribution in [-0.2, 0) is 4.74 Å². The number of aromatic nitrogens is 2. The number of amides is 1. The van der Waals surface area contributed by atoms with Crippen molar-refractivity contribution in [1.82, 2.24) is 15.3 Å². The van der Waals surface area contributed by atoms with Crippen LogP contribution in [0.3, 0.4) is 0 Å². The van der Waals surface area contributed by atoms with E-state index in [-0.39, 0.29) is 11.9 Å². The molecule has 1 aromatic carbocycles. The topological polar surface area (TPSA) is 76.1 Å². The van der Waals surface area contributed by atoms with E-state index in [1.165, 1.54) is 6.33 Å². The van der Waals surface area contributed by atoms with Crippen LogP contribution in [-0.4, -0.2) is 36.1 Å². The van der Waals surface area contributed by atoms with Crippen molar-refractivity contribution >= 4 is 11.7 Å². The first-order valence-corrected chi connectivity index (χ1v) is 7.11. The number of anilines is 1. The van der Waals surface area contributed by atoms with Gasteiger partial charge in [0.2, 0.25) is 0 Å². The quantitative estimate of drug-likeness (QED) is 0.765. The highest BCUT2D eigenvalue weighted by molar-refractivity contribution is 5.92. The molecule has 0 saturated carbocycles. The number of hydrogen-bond donors (Lipinski definition) is 2. The van der Waals surface area contributed by atoms with Crippen molar-refractivity contribution in [1.29, 1.82) is 0 Å². The minimum atomic E-state index is -0.241. The molecule has 6 heteroatoms. The second kappa shape index (κ2) is 8.09. The Hall–Kier alpha value is -2.47. The standard InChI is InChI=1S/C16H20N4O2/c1-12(13-6-4-3-5-7-13)20-15-10-14(18-11-19-15)16(21)17-8-9-22-2/h3-7,10-12H,8-9H2,1-2H3,(H,17,21)(H,18,19,20). The third-order valence-electron chi connectivity index (χ3n) is 3.16. The third kappa shape index (κ3) is 4.53. The maximum Gasteiger partial charge on any atom is 0.270 e. The highest BCUT2D eigenvalue weighted by atomic mass is 16.5. The summed E-state index contributed by atoms with van der Waals surface area (Å²) in [7, 11) is 1.59. The molecule has 0 aliphatic rings. The van der Waals surface area contributed by atoms with Gasteiger partial charge in [0, 0.05) is 25.8 Å². The molecule has 0 spiro atoms. The van der Waals surface area contributed by atoms with Crippen LogP contribution in [0.5, 0.6) is 0 Å². The number of ether oxygens (including phenoxy) is 1. The Bertz CT molecular complexity index is 604. The summed E-state index contributed by atoms with van der Waals surface area (Å²) < 4.78 is 4.89. The molecule has 0 radical (unpaired) electrons. The van der Waals surface area contributed by atoms with E-state index in [0.29, 0.717) is 24.7 Å². The first-order valence-electron chi connectivity index (χ1n) is 7.11. The van der Waals surface area contributed by atoms with Gasteiger partial charge in [-0.15, -0.1) is 0 Å².